The van der Waals surface area contributed by atoms with Crippen LogP contribution in [0, 0.1) is 5.82 Å². The van der Waals surface area contributed by atoms with Gasteiger partial charge in [0.15, 0.2) is 5.13 Å². The van der Waals surface area contributed by atoms with E-state index in [2.05, 4.69) is 4.98 Å². The number of nitrogens with zero attached hydrogens (tertiary/aromatic N) is 1. The number of hydrogen-bond donors (Lipinski definition) is 1. The predicted octanol–water partition coefficient (Wildman–Crippen LogP) is 2.65. The third-order valence-corrected chi connectivity index (χ3v) is 3.57. The molecule has 1 aliphatic heterocycles. The van der Waals surface area contributed by atoms with Crippen molar-refractivity contribution < 1.29 is 9.13 Å². The van der Waals surface area contributed by atoms with Crippen molar-refractivity contribution in [1.29, 1.82) is 0 Å². The highest BCUT2D eigenvalue weighted by Crippen LogP contribution is 2.30. The molecule has 0 aliphatic carbocycles. The first-order valence-electron chi connectivity index (χ1n) is 5.32. The molecular formula is C12H11FN2OS. The Labute approximate surface area is 102 Å². The molecule has 0 spiro atoms. The molecule has 1 fully saturated rings. The molecule has 0 atom stereocenters. The molecule has 0 amide bonds. The molecule has 5 heteroatoms. The van der Waals surface area contributed by atoms with Gasteiger partial charge in [-0.2, -0.15) is 0 Å². The summed E-state index contributed by atoms with van der Waals surface area (Å²) in [6, 6.07) is 5.21. The Kier molecular flexibility index (Phi) is 2.57. The van der Waals surface area contributed by atoms with Crippen LogP contribution in [0.2, 0.25) is 0 Å². The molecule has 0 saturated carbocycles. The zero-order valence-electron chi connectivity index (χ0n) is 9.02. The van der Waals surface area contributed by atoms with Gasteiger partial charge in [-0.15, -0.1) is 11.3 Å². The summed E-state index contributed by atoms with van der Waals surface area (Å²) in [5.74, 6) is 0.00641. The van der Waals surface area contributed by atoms with Crippen LogP contribution in [0.1, 0.15) is 11.5 Å². The first kappa shape index (κ1) is 10.7. The molecule has 1 aromatic heterocycles. The van der Waals surface area contributed by atoms with Crippen molar-refractivity contribution >= 4 is 16.5 Å². The van der Waals surface area contributed by atoms with Gasteiger partial charge in [0.25, 0.3) is 0 Å². The first-order valence-corrected chi connectivity index (χ1v) is 6.20. The highest BCUT2D eigenvalue weighted by molar-refractivity contribution is 7.13. The molecule has 2 N–H and O–H groups in total. The fourth-order valence-corrected chi connectivity index (χ4v) is 2.43. The average molecular weight is 250 g/mol. The molecule has 0 unspecified atom stereocenters. The number of nitrogens with two attached hydrogens (primary N) is 1. The van der Waals surface area contributed by atoms with E-state index < -0.39 is 0 Å². The van der Waals surface area contributed by atoms with Crippen LogP contribution in [0.3, 0.4) is 0 Å². The van der Waals surface area contributed by atoms with Crippen LogP contribution in [0.5, 0.6) is 0 Å². The fraction of sp³-hybridized carbons (Fsp3) is 0.250. The second-order valence-electron chi connectivity index (χ2n) is 4.04. The van der Waals surface area contributed by atoms with E-state index in [4.69, 9.17) is 10.5 Å². The normalized spacial score (nSPS) is 15.8. The van der Waals surface area contributed by atoms with E-state index in [1.165, 1.54) is 17.4 Å². The fourth-order valence-electron chi connectivity index (χ4n) is 1.85. The van der Waals surface area contributed by atoms with E-state index in [0.717, 1.165) is 16.8 Å². The minimum absolute atomic E-state index is 0.192. The van der Waals surface area contributed by atoms with Crippen LogP contribution < -0.4 is 5.73 Å². The van der Waals surface area contributed by atoms with Crippen LogP contribution in [0.15, 0.2) is 23.6 Å². The third kappa shape index (κ3) is 1.92. The molecule has 1 aromatic carbocycles. The number of anilines is 1. The molecule has 0 radical (unpaired) electrons. The molecule has 17 heavy (non-hydrogen) atoms. The molecule has 88 valence electrons. The Balaban J connectivity index is 1.95. The number of halogens is 1. The van der Waals surface area contributed by atoms with Gasteiger partial charge in [-0.3, -0.25) is 0 Å². The van der Waals surface area contributed by atoms with E-state index in [1.54, 1.807) is 0 Å². The molecule has 3 rings (SSSR count). The van der Waals surface area contributed by atoms with Crippen LogP contribution in [0.4, 0.5) is 9.52 Å². The van der Waals surface area contributed by atoms with Gasteiger partial charge in [0, 0.05) is 16.9 Å². The van der Waals surface area contributed by atoms with Crippen LogP contribution in [-0.4, -0.2) is 18.2 Å². The highest BCUT2D eigenvalue weighted by atomic mass is 32.1. The van der Waals surface area contributed by atoms with E-state index in [9.17, 15) is 4.39 Å². The van der Waals surface area contributed by atoms with Crippen molar-refractivity contribution in [3.63, 3.8) is 0 Å². The van der Waals surface area contributed by atoms with Crippen LogP contribution >= 0.6 is 11.3 Å². The maximum Gasteiger partial charge on any atom is 0.180 e. The van der Waals surface area contributed by atoms with Crippen LogP contribution in [0.25, 0.3) is 11.3 Å². The van der Waals surface area contributed by atoms with Gasteiger partial charge in [-0.05, 0) is 11.6 Å². The van der Waals surface area contributed by atoms with E-state index in [0.29, 0.717) is 18.3 Å². The molecule has 3 nitrogen and oxygen atoms in total. The lowest BCUT2D eigenvalue weighted by molar-refractivity contribution is 0.00704. The summed E-state index contributed by atoms with van der Waals surface area (Å²) in [4.78, 5) is 4.14. The smallest absolute Gasteiger partial charge is 0.180 e. The lowest BCUT2D eigenvalue weighted by Crippen LogP contribution is -2.25. The summed E-state index contributed by atoms with van der Waals surface area (Å²) in [6.45, 7) is 1.22. The minimum atomic E-state index is -0.192. The van der Waals surface area contributed by atoms with Gasteiger partial charge < -0.3 is 10.5 Å². The molecule has 2 heterocycles. The van der Waals surface area contributed by atoms with Gasteiger partial charge in [-0.1, -0.05) is 12.1 Å². The maximum absolute atomic E-state index is 13.9. The number of rotatable bonds is 2. The summed E-state index contributed by atoms with van der Waals surface area (Å²) in [7, 11) is 0. The van der Waals surface area contributed by atoms with Crippen molar-refractivity contribution in [2.24, 2.45) is 0 Å². The topological polar surface area (TPSA) is 48.1 Å². The molecule has 1 saturated heterocycles. The Bertz CT molecular complexity index is 551. The first-order chi connectivity index (χ1) is 8.24. The van der Waals surface area contributed by atoms with Crippen molar-refractivity contribution in [3.05, 3.63) is 35.0 Å². The summed E-state index contributed by atoms with van der Waals surface area (Å²) in [6.07, 6.45) is 0. The Morgan fingerprint density at radius 3 is 2.76 bits per heavy atom. The number of aromatic nitrogens is 1. The lowest BCUT2D eigenvalue weighted by atomic mass is 9.95. The Morgan fingerprint density at radius 2 is 2.24 bits per heavy atom. The zero-order valence-corrected chi connectivity index (χ0v) is 9.84. The van der Waals surface area contributed by atoms with E-state index in [-0.39, 0.29) is 11.7 Å². The molecule has 2 aromatic rings. The number of benzene rings is 1. The summed E-state index contributed by atoms with van der Waals surface area (Å²) >= 11 is 1.36. The number of hydrogen-bond acceptors (Lipinski definition) is 4. The second kappa shape index (κ2) is 4.09. The van der Waals surface area contributed by atoms with Gasteiger partial charge in [0.05, 0.1) is 18.9 Å². The maximum atomic E-state index is 13.9. The summed E-state index contributed by atoms with van der Waals surface area (Å²) in [5, 5.41) is 2.33. The molecule has 0 bridgehead atoms. The largest absolute Gasteiger partial charge is 0.380 e. The summed E-state index contributed by atoms with van der Waals surface area (Å²) < 4.78 is 19.0. The molecule has 1 aliphatic rings. The van der Waals surface area contributed by atoms with Crippen molar-refractivity contribution in [2.45, 2.75) is 5.92 Å². The minimum Gasteiger partial charge on any atom is -0.380 e. The van der Waals surface area contributed by atoms with Gasteiger partial charge in [0.1, 0.15) is 5.82 Å². The van der Waals surface area contributed by atoms with Gasteiger partial charge >= 0.3 is 0 Å². The number of ether oxygens (including phenoxy) is 1. The Morgan fingerprint density at radius 1 is 1.41 bits per heavy atom. The van der Waals surface area contributed by atoms with Gasteiger partial charge in [0.2, 0.25) is 0 Å². The van der Waals surface area contributed by atoms with Crippen molar-refractivity contribution in [1.82, 2.24) is 4.98 Å². The lowest BCUT2D eigenvalue weighted by Gasteiger charge is -2.26. The predicted molar refractivity (Wildman–Crippen MR) is 65.5 cm³/mol. The highest BCUT2D eigenvalue weighted by Gasteiger charge is 2.23. The van der Waals surface area contributed by atoms with E-state index in [1.807, 2.05) is 17.5 Å². The second-order valence-corrected chi connectivity index (χ2v) is 4.93. The van der Waals surface area contributed by atoms with Crippen molar-refractivity contribution in [3.8, 4) is 11.3 Å². The SMILES string of the molecule is Nc1nc(-c2ccc(C3COC3)c(F)c2)cs1. The quantitative estimate of drug-likeness (QED) is 0.891. The standard InChI is InChI=1S/C12H11FN2OS/c13-10-3-7(11-6-17-12(14)15-11)1-2-9(10)8-4-16-5-8/h1-3,6,8H,4-5H2,(H2,14,15). The average Bonchev–Trinajstić information content (AvgIpc) is 2.65. The van der Waals surface area contributed by atoms with Crippen molar-refractivity contribution in [2.75, 3.05) is 18.9 Å². The summed E-state index contributed by atoms with van der Waals surface area (Å²) in [5.41, 5.74) is 7.77. The number of nitrogen functional groups attached to an aromatic ring is 1. The van der Waals surface area contributed by atoms with E-state index >= 15 is 0 Å². The molecular weight excluding hydrogens is 239 g/mol. The number of thiazole rings is 1. The van der Waals surface area contributed by atoms with Gasteiger partial charge in [-0.25, -0.2) is 9.37 Å². The monoisotopic (exact) mass is 250 g/mol. The Hall–Kier alpha value is -1.46. The van der Waals surface area contributed by atoms with Crippen LogP contribution in [-0.2, 0) is 4.74 Å². The third-order valence-electron chi connectivity index (χ3n) is 2.90. The zero-order chi connectivity index (χ0) is 11.8.